The number of nitrogens with one attached hydrogen (secondary N) is 1. The molecule has 2 heterocycles. The Bertz CT molecular complexity index is 631. The first-order chi connectivity index (χ1) is 11.5. The number of hydrogen-bond donors (Lipinski definition) is 2. The van der Waals surface area contributed by atoms with E-state index < -0.39 is 12.1 Å². The van der Waals surface area contributed by atoms with Crippen LogP contribution in [0.15, 0.2) is 28.7 Å². The zero-order valence-electron chi connectivity index (χ0n) is 13.9. The third kappa shape index (κ3) is 5.17. The number of carbonyl (C=O) groups is 2. The van der Waals surface area contributed by atoms with Gasteiger partial charge in [-0.1, -0.05) is 28.1 Å². The molecule has 138 valence electrons. The van der Waals surface area contributed by atoms with Gasteiger partial charge < -0.3 is 20.2 Å². The number of likely N-dealkylation sites (tertiary alicyclic amines) is 1. The van der Waals surface area contributed by atoms with Crippen LogP contribution in [0.4, 0.5) is 0 Å². The molecule has 0 spiro atoms. The van der Waals surface area contributed by atoms with Crippen LogP contribution in [0, 0.1) is 0 Å². The molecule has 2 unspecified atom stereocenters. The van der Waals surface area contributed by atoms with Gasteiger partial charge in [-0.05, 0) is 24.1 Å². The van der Waals surface area contributed by atoms with Gasteiger partial charge in [0.25, 0.3) is 0 Å². The molecule has 1 aromatic rings. The van der Waals surface area contributed by atoms with Gasteiger partial charge in [0.1, 0.15) is 0 Å². The van der Waals surface area contributed by atoms with Gasteiger partial charge in [0, 0.05) is 37.2 Å². The Morgan fingerprint density at radius 3 is 2.84 bits per heavy atom. The number of aliphatic hydroxyl groups is 1. The molecule has 2 fully saturated rings. The first-order valence-corrected chi connectivity index (χ1v) is 9.04. The zero-order valence-corrected chi connectivity index (χ0v) is 16.3. The van der Waals surface area contributed by atoms with Gasteiger partial charge in [0.05, 0.1) is 18.6 Å². The number of rotatable bonds is 4. The Balaban J connectivity index is 0.00000225. The fourth-order valence-electron chi connectivity index (χ4n) is 3.24. The van der Waals surface area contributed by atoms with Crippen LogP contribution >= 0.6 is 28.3 Å². The first kappa shape index (κ1) is 20.2. The molecule has 2 aliphatic heterocycles. The summed E-state index contributed by atoms with van der Waals surface area (Å²) in [5.74, 6) is -0.101. The normalized spacial score (nSPS) is 23.5. The van der Waals surface area contributed by atoms with Crippen molar-refractivity contribution in [3.8, 4) is 0 Å². The van der Waals surface area contributed by atoms with Crippen LogP contribution in [0.25, 0.3) is 0 Å². The Labute approximate surface area is 162 Å². The highest BCUT2D eigenvalue weighted by Crippen LogP contribution is 2.17. The fraction of sp³-hybridized carbons (Fsp3) is 0.529. The predicted octanol–water partition coefficient (Wildman–Crippen LogP) is 1.15. The molecule has 2 saturated heterocycles. The lowest BCUT2D eigenvalue weighted by Gasteiger charge is -2.33. The molecule has 25 heavy (non-hydrogen) atoms. The van der Waals surface area contributed by atoms with Crippen molar-refractivity contribution in [2.45, 2.75) is 31.5 Å². The van der Waals surface area contributed by atoms with Gasteiger partial charge in [-0.3, -0.25) is 9.59 Å². The average Bonchev–Trinajstić information content (AvgIpc) is 2.98. The summed E-state index contributed by atoms with van der Waals surface area (Å²) in [5.41, 5.74) is 1.06. The summed E-state index contributed by atoms with van der Waals surface area (Å²) in [6.07, 6.45) is 0.338. The number of hydrogen-bond acceptors (Lipinski definition) is 4. The monoisotopic (exact) mass is 431 g/mol. The van der Waals surface area contributed by atoms with Crippen molar-refractivity contribution < 1.29 is 14.7 Å². The maximum absolute atomic E-state index is 12.7. The van der Waals surface area contributed by atoms with Crippen LogP contribution in [-0.4, -0.2) is 65.0 Å². The maximum atomic E-state index is 12.7. The molecule has 3 rings (SSSR count). The van der Waals surface area contributed by atoms with E-state index in [0.717, 1.165) is 10.0 Å². The minimum absolute atomic E-state index is 0. The summed E-state index contributed by atoms with van der Waals surface area (Å²) in [6, 6.07) is 7.42. The van der Waals surface area contributed by atoms with E-state index in [0.29, 0.717) is 39.1 Å². The molecule has 2 atom stereocenters. The highest BCUT2D eigenvalue weighted by atomic mass is 79.9. The molecule has 0 bridgehead atoms. The lowest BCUT2D eigenvalue weighted by Crippen LogP contribution is -2.56. The second kappa shape index (κ2) is 8.98. The molecule has 2 N–H and O–H groups in total. The van der Waals surface area contributed by atoms with E-state index in [1.807, 2.05) is 24.3 Å². The Morgan fingerprint density at radius 1 is 1.36 bits per heavy atom. The van der Waals surface area contributed by atoms with Gasteiger partial charge in [0.15, 0.2) is 0 Å². The number of amides is 2. The second-order valence-corrected chi connectivity index (χ2v) is 7.30. The van der Waals surface area contributed by atoms with Crippen LogP contribution in [0.1, 0.15) is 18.4 Å². The molecular formula is C17H23BrClN3O3. The van der Waals surface area contributed by atoms with Gasteiger partial charge >= 0.3 is 0 Å². The summed E-state index contributed by atoms with van der Waals surface area (Å²) < 4.78 is 0.988. The van der Waals surface area contributed by atoms with E-state index >= 15 is 0 Å². The fourth-order valence-corrected chi connectivity index (χ4v) is 3.68. The van der Waals surface area contributed by atoms with Crippen molar-refractivity contribution in [2.24, 2.45) is 0 Å². The summed E-state index contributed by atoms with van der Waals surface area (Å²) in [6.45, 7) is 2.82. The third-order valence-corrected chi connectivity index (χ3v) is 5.03. The highest BCUT2D eigenvalue weighted by molar-refractivity contribution is 9.10. The van der Waals surface area contributed by atoms with Crippen molar-refractivity contribution in [3.05, 3.63) is 34.3 Å². The number of carbonyl (C=O) groups excluding carboxylic acids is 2. The molecule has 0 saturated carbocycles. The lowest BCUT2D eigenvalue weighted by atomic mass is 10.1. The number of nitrogens with zero attached hydrogens (tertiary/aromatic N) is 2. The minimum Gasteiger partial charge on any atom is -0.391 e. The van der Waals surface area contributed by atoms with Crippen molar-refractivity contribution >= 4 is 40.2 Å². The predicted molar refractivity (Wildman–Crippen MR) is 100 cm³/mol. The Hall–Kier alpha value is -1.15. The lowest BCUT2D eigenvalue weighted by molar-refractivity contribution is -0.141. The average molecular weight is 433 g/mol. The SMILES string of the molecule is Cl.O=C(CC1NCCN(Cc2cccc(Br)c2)C1=O)N1CCC(O)C1. The van der Waals surface area contributed by atoms with Crippen LogP contribution in [0.2, 0.25) is 0 Å². The van der Waals surface area contributed by atoms with Gasteiger partial charge in [-0.15, -0.1) is 12.4 Å². The largest absolute Gasteiger partial charge is 0.391 e. The van der Waals surface area contributed by atoms with Crippen molar-refractivity contribution in [3.63, 3.8) is 0 Å². The van der Waals surface area contributed by atoms with Crippen molar-refractivity contribution in [1.82, 2.24) is 15.1 Å². The number of benzene rings is 1. The summed E-state index contributed by atoms with van der Waals surface area (Å²) >= 11 is 3.44. The molecule has 1 aromatic carbocycles. The zero-order chi connectivity index (χ0) is 17.1. The molecule has 6 nitrogen and oxygen atoms in total. The molecule has 0 aliphatic carbocycles. The van der Waals surface area contributed by atoms with E-state index in [-0.39, 0.29) is 30.6 Å². The highest BCUT2D eigenvalue weighted by Gasteiger charge is 2.33. The van der Waals surface area contributed by atoms with Crippen molar-refractivity contribution in [1.29, 1.82) is 0 Å². The summed E-state index contributed by atoms with van der Waals surface area (Å²) in [5, 5.41) is 12.7. The molecule has 0 aromatic heterocycles. The smallest absolute Gasteiger partial charge is 0.240 e. The standard InChI is InChI=1S/C17H22BrN3O3.ClH/c18-13-3-1-2-12(8-13)10-21-7-5-19-15(17(21)24)9-16(23)20-6-4-14(22)11-20;/h1-3,8,14-15,19,22H,4-7,9-11H2;1H. The first-order valence-electron chi connectivity index (χ1n) is 8.25. The van der Waals surface area contributed by atoms with Crippen LogP contribution < -0.4 is 5.32 Å². The van der Waals surface area contributed by atoms with E-state index in [1.54, 1.807) is 9.80 Å². The maximum Gasteiger partial charge on any atom is 0.240 e. The second-order valence-electron chi connectivity index (χ2n) is 6.38. The molecule has 0 radical (unpaired) electrons. The van der Waals surface area contributed by atoms with Crippen LogP contribution in [0.3, 0.4) is 0 Å². The molecular weight excluding hydrogens is 410 g/mol. The minimum atomic E-state index is -0.476. The van der Waals surface area contributed by atoms with E-state index in [9.17, 15) is 14.7 Å². The Morgan fingerprint density at radius 2 is 2.16 bits per heavy atom. The third-order valence-electron chi connectivity index (χ3n) is 4.54. The van der Waals surface area contributed by atoms with E-state index in [1.165, 1.54) is 0 Å². The number of β-amino-alcohol motifs (C(OH)–C–C–N with tert-alkyl or cyclic N) is 1. The van der Waals surface area contributed by atoms with E-state index in [4.69, 9.17) is 0 Å². The van der Waals surface area contributed by atoms with Gasteiger partial charge in [0.2, 0.25) is 11.8 Å². The molecule has 8 heteroatoms. The quantitative estimate of drug-likeness (QED) is 0.749. The summed E-state index contributed by atoms with van der Waals surface area (Å²) in [4.78, 5) is 28.4. The topological polar surface area (TPSA) is 72.9 Å². The summed E-state index contributed by atoms with van der Waals surface area (Å²) in [7, 11) is 0. The molecule has 2 aliphatic rings. The van der Waals surface area contributed by atoms with Crippen LogP contribution in [-0.2, 0) is 16.1 Å². The van der Waals surface area contributed by atoms with Crippen molar-refractivity contribution in [2.75, 3.05) is 26.2 Å². The number of aliphatic hydroxyl groups excluding tert-OH is 1. The van der Waals surface area contributed by atoms with E-state index in [2.05, 4.69) is 21.2 Å². The van der Waals surface area contributed by atoms with Gasteiger partial charge in [-0.2, -0.15) is 0 Å². The van der Waals surface area contributed by atoms with Gasteiger partial charge in [-0.25, -0.2) is 0 Å². The Kier molecular flexibility index (Phi) is 7.25. The number of piperazine rings is 1. The number of halogens is 2. The van der Waals surface area contributed by atoms with Crippen LogP contribution in [0.5, 0.6) is 0 Å². The molecule has 2 amide bonds.